The molecule has 6 heteroatoms. The van der Waals surface area contributed by atoms with Crippen molar-refractivity contribution >= 4 is 46.4 Å². The molecule has 3 N–H and O–H groups in total. The number of nitrogens with one attached hydrogen (secondary N) is 1. The molecule has 3 nitrogen and oxygen atoms in total. The lowest BCUT2D eigenvalue weighted by molar-refractivity contribution is -0.121. The molecule has 1 fully saturated rings. The predicted molar refractivity (Wildman–Crippen MR) is 80.0 cm³/mol. The van der Waals surface area contributed by atoms with Crippen molar-refractivity contribution in [3.05, 3.63) is 27.2 Å². The van der Waals surface area contributed by atoms with Gasteiger partial charge in [-0.1, -0.05) is 47.6 Å². The van der Waals surface area contributed by atoms with Crippen LogP contribution >= 0.6 is 34.8 Å². The molecule has 0 saturated heterocycles. The fraction of sp³-hybridized carbons (Fsp3) is 0.462. The summed E-state index contributed by atoms with van der Waals surface area (Å²) >= 11 is 17.9. The molecule has 1 saturated carbocycles. The van der Waals surface area contributed by atoms with Crippen molar-refractivity contribution in [2.75, 3.05) is 5.32 Å². The Kier molecular flexibility index (Phi) is 4.96. The second-order valence-electron chi connectivity index (χ2n) is 4.79. The molecule has 2 atom stereocenters. The monoisotopic (exact) mass is 320 g/mol. The largest absolute Gasteiger partial charge is 0.327 e. The molecule has 0 aliphatic heterocycles. The summed E-state index contributed by atoms with van der Waals surface area (Å²) in [5, 5.41) is 3.85. The van der Waals surface area contributed by atoms with Crippen LogP contribution in [-0.2, 0) is 4.79 Å². The summed E-state index contributed by atoms with van der Waals surface area (Å²) in [5.74, 6) is -0.310. The Morgan fingerprint density at radius 2 is 1.74 bits per heavy atom. The maximum Gasteiger partial charge on any atom is 0.229 e. The molecule has 0 spiro atoms. The molecule has 0 aromatic heterocycles. The number of nitrogens with two attached hydrogens (primary N) is 1. The Balaban J connectivity index is 2.14. The van der Waals surface area contributed by atoms with Crippen molar-refractivity contribution in [2.45, 2.75) is 31.7 Å². The number of hydrogen-bond acceptors (Lipinski definition) is 2. The minimum atomic E-state index is -0.184. The molecule has 0 bridgehead atoms. The van der Waals surface area contributed by atoms with E-state index in [4.69, 9.17) is 40.5 Å². The molecule has 1 aromatic carbocycles. The number of hydrogen-bond donors (Lipinski definition) is 2. The third kappa shape index (κ3) is 3.54. The average Bonchev–Trinajstić information content (AvgIpc) is 2.34. The summed E-state index contributed by atoms with van der Waals surface area (Å²) in [7, 11) is 0. The van der Waals surface area contributed by atoms with E-state index in [2.05, 4.69) is 5.32 Å². The van der Waals surface area contributed by atoms with E-state index in [-0.39, 0.29) is 17.9 Å². The van der Waals surface area contributed by atoms with Crippen LogP contribution in [0.4, 0.5) is 5.69 Å². The highest BCUT2D eigenvalue weighted by Crippen LogP contribution is 2.34. The van der Waals surface area contributed by atoms with Gasteiger partial charge in [0.2, 0.25) is 5.91 Å². The lowest BCUT2D eigenvalue weighted by Crippen LogP contribution is -2.40. The van der Waals surface area contributed by atoms with Gasteiger partial charge in [-0.05, 0) is 25.0 Å². The van der Waals surface area contributed by atoms with E-state index in [0.717, 1.165) is 25.7 Å². The van der Waals surface area contributed by atoms with Gasteiger partial charge in [-0.15, -0.1) is 0 Å². The van der Waals surface area contributed by atoms with Gasteiger partial charge in [-0.2, -0.15) is 0 Å². The number of rotatable bonds is 2. The van der Waals surface area contributed by atoms with Crippen molar-refractivity contribution < 1.29 is 4.79 Å². The zero-order chi connectivity index (χ0) is 14.0. The van der Waals surface area contributed by atoms with Crippen LogP contribution in [0.3, 0.4) is 0 Å². The van der Waals surface area contributed by atoms with Gasteiger partial charge in [0, 0.05) is 11.1 Å². The molecular weight excluding hydrogens is 307 g/mol. The van der Waals surface area contributed by atoms with Crippen molar-refractivity contribution in [3.8, 4) is 0 Å². The zero-order valence-electron chi connectivity index (χ0n) is 10.3. The van der Waals surface area contributed by atoms with Gasteiger partial charge in [0.05, 0.1) is 21.7 Å². The highest BCUT2D eigenvalue weighted by molar-refractivity contribution is 6.42. The maximum absolute atomic E-state index is 12.2. The first kappa shape index (κ1) is 14.9. The second kappa shape index (κ2) is 6.31. The fourth-order valence-corrected chi connectivity index (χ4v) is 3.27. The van der Waals surface area contributed by atoms with E-state index in [1.54, 1.807) is 12.1 Å². The van der Waals surface area contributed by atoms with Crippen LogP contribution in [0, 0.1) is 5.92 Å². The maximum atomic E-state index is 12.2. The predicted octanol–water partition coefficient (Wildman–Crippen LogP) is 4.10. The van der Waals surface area contributed by atoms with Crippen molar-refractivity contribution in [1.29, 1.82) is 0 Å². The lowest BCUT2D eigenvalue weighted by atomic mass is 9.84. The number of halogens is 3. The smallest absolute Gasteiger partial charge is 0.229 e. The van der Waals surface area contributed by atoms with Crippen molar-refractivity contribution in [3.63, 3.8) is 0 Å². The second-order valence-corrected chi connectivity index (χ2v) is 6.04. The van der Waals surface area contributed by atoms with Crippen LogP contribution in [0.15, 0.2) is 12.1 Å². The summed E-state index contributed by atoms with van der Waals surface area (Å²) in [6, 6.07) is 3.00. The van der Waals surface area contributed by atoms with E-state index >= 15 is 0 Å². The van der Waals surface area contributed by atoms with Crippen LogP contribution in [0.25, 0.3) is 0 Å². The Morgan fingerprint density at radius 1 is 1.16 bits per heavy atom. The van der Waals surface area contributed by atoms with Gasteiger partial charge in [0.15, 0.2) is 0 Å². The Bertz CT molecular complexity index is 470. The minimum Gasteiger partial charge on any atom is -0.327 e. The minimum absolute atomic E-state index is 0.0985. The van der Waals surface area contributed by atoms with Crippen LogP contribution in [0.2, 0.25) is 15.1 Å². The summed E-state index contributed by atoms with van der Waals surface area (Å²) < 4.78 is 0. The number of carbonyl (C=O) groups is 1. The Hall–Kier alpha value is -0.480. The molecular formula is C13H15Cl3N2O. The first-order chi connectivity index (χ1) is 8.99. The molecule has 0 radical (unpaired) electrons. The van der Waals surface area contributed by atoms with Gasteiger partial charge in [0.1, 0.15) is 0 Å². The molecule has 1 aromatic rings. The van der Waals surface area contributed by atoms with Gasteiger partial charge in [0.25, 0.3) is 0 Å². The number of benzene rings is 1. The van der Waals surface area contributed by atoms with Gasteiger partial charge in [-0.25, -0.2) is 0 Å². The molecule has 0 heterocycles. The van der Waals surface area contributed by atoms with Crippen LogP contribution in [-0.4, -0.2) is 11.9 Å². The molecule has 1 aliphatic rings. The van der Waals surface area contributed by atoms with Gasteiger partial charge in [-0.3, -0.25) is 4.79 Å². The SMILES string of the molecule is NC1CCCCC1C(=O)Nc1c(Cl)cc(Cl)cc1Cl. The van der Waals surface area contributed by atoms with Gasteiger partial charge >= 0.3 is 0 Å². The quantitative estimate of drug-likeness (QED) is 0.861. The van der Waals surface area contributed by atoms with Crippen molar-refractivity contribution in [1.82, 2.24) is 0 Å². The number of amides is 1. The molecule has 1 amide bonds. The van der Waals surface area contributed by atoms with Gasteiger partial charge < -0.3 is 11.1 Å². The normalized spacial score (nSPS) is 23.2. The van der Waals surface area contributed by atoms with E-state index in [1.807, 2.05) is 0 Å². The first-order valence-corrected chi connectivity index (χ1v) is 7.33. The van der Waals surface area contributed by atoms with E-state index in [9.17, 15) is 4.79 Å². The van der Waals surface area contributed by atoms with Crippen LogP contribution in [0.5, 0.6) is 0 Å². The number of carbonyl (C=O) groups excluding carboxylic acids is 1. The molecule has 19 heavy (non-hydrogen) atoms. The van der Waals surface area contributed by atoms with E-state index in [0.29, 0.717) is 20.8 Å². The average molecular weight is 322 g/mol. The third-order valence-corrected chi connectivity index (χ3v) is 4.23. The summed E-state index contributed by atoms with van der Waals surface area (Å²) in [6.45, 7) is 0. The molecule has 2 unspecified atom stereocenters. The topological polar surface area (TPSA) is 55.1 Å². The standard InChI is InChI=1S/C13H15Cl3N2O/c14-7-5-9(15)12(10(16)6-7)18-13(19)8-3-1-2-4-11(8)17/h5-6,8,11H,1-4,17H2,(H,18,19). The number of anilines is 1. The third-order valence-electron chi connectivity index (χ3n) is 3.41. The summed E-state index contributed by atoms with van der Waals surface area (Å²) in [4.78, 5) is 12.2. The van der Waals surface area contributed by atoms with E-state index in [1.165, 1.54) is 0 Å². The molecule has 104 valence electrons. The van der Waals surface area contributed by atoms with Crippen LogP contribution in [0.1, 0.15) is 25.7 Å². The summed E-state index contributed by atoms with van der Waals surface area (Å²) in [5.41, 5.74) is 6.38. The fourth-order valence-electron chi connectivity index (χ4n) is 2.36. The highest BCUT2D eigenvalue weighted by atomic mass is 35.5. The molecule has 1 aliphatic carbocycles. The summed E-state index contributed by atoms with van der Waals surface area (Å²) in [6.07, 6.45) is 3.78. The highest BCUT2D eigenvalue weighted by Gasteiger charge is 2.29. The van der Waals surface area contributed by atoms with Crippen LogP contribution < -0.4 is 11.1 Å². The van der Waals surface area contributed by atoms with E-state index < -0.39 is 0 Å². The van der Waals surface area contributed by atoms with Crippen molar-refractivity contribution in [2.24, 2.45) is 11.7 Å². The zero-order valence-corrected chi connectivity index (χ0v) is 12.5. The molecule has 2 rings (SSSR count). The Labute approximate surface area is 127 Å². The Morgan fingerprint density at radius 3 is 2.32 bits per heavy atom. The lowest BCUT2D eigenvalue weighted by Gasteiger charge is -2.27. The first-order valence-electron chi connectivity index (χ1n) is 6.20.